The van der Waals surface area contributed by atoms with E-state index in [1.54, 1.807) is 20.8 Å². The highest BCUT2D eigenvalue weighted by atomic mass is 31.2. The molecule has 0 heterocycles. The molecule has 0 aliphatic rings. The van der Waals surface area contributed by atoms with E-state index in [2.05, 4.69) is 19.7 Å². The van der Waals surface area contributed by atoms with Gasteiger partial charge >= 0.3 is 25.7 Å². The van der Waals surface area contributed by atoms with E-state index in [0.717, 1.165) is 0 Å². The molecule has 200 valence electrons. The second kappa shape index (κ2) is 16.4. The van der Waals surface area contributed by atoms with Crippen LogP contribution < -0.4 is 0 Å². The predicted molar refractivity (Wildman–Crippen MR) is 130 cm³/mol. The number of carbonyl (C=O) groups excluding carboxylic acids is 3. The topological polar surface area (TPSA) is 124 Å². The molecule has 3 atom stereocenters. The molecule has 0 aromatic rings. The molecule has 0 fully saturated rings. The maximum absolute atomic E-state index is 13.8. The number of hydrogen-bond acceptors (Lipinski definition) is 10. The third-order valence-electron chi connectivity index (χ3n) is 4.07. The first-order valence-electron chi connectivity index (χ1n) is 11.5. The maximum Gasteiger partial charge on any atom is 0.484 e. The molecule has 0 aliphatic heterocycles. The quantitative estimate of drug-likeness (QED) is 0.0714. The molecule has 0 amide bonds. The van der Waals surface area contributed by atoms with Gasteiger partial charge in [-0.05, 0) is 20.8 Å². The van der Waals surface area contributed by atoms with E-state index in [9.17, 15) is 18.9 Å². The third-order valence-corrected chi connectivity index (χ3v) is 5.55. The second-order valence-electron chi connectivity index (χ2n) is 7.98. The number of phosphoric acid groups is 1. The summed E-state index contributed by atoms with van der Waals surface area (Å²) in [6.45, 7) is 20.3. The van der Waals surface area contributed by atoms with Gasteiger partial charge in [0.05, 0.1) is 0 Å². The fourth-order valence-electron chi connectivity index (χ4n) is 2.27. The average Bonchev–Trinajstić information content (AvgIpc) is 2.73. The summed E-state index contributed by atoms with van der Waals surface area (Å²) < 4.78 is 46.1. The minimum Gasteiger partial charge on any atom is -0.432 e. The molecule has 0 rings (SSSR count). The van der Waals surface area contributed by atoms with Crippen LogP contribution >= 0.6 is 7.82 Å². The molecule has 10 nitrogen and oxygen atoms in total. The van der Waals surface area contributed by atoms with Crippen molar-refractivity contribution in [2.24, 2.45) is 0 Å². The first-order chi connectivity index (χ1) is 16.3. The SMILES string of the molecule is C=C(C)C(=O)OC(CCC)OP(=O)(OC(CCC)OC(=O)C(=C)C)OC(CCC)OC(=O)C(=C)C. The van der Waals surface area contributed by atoms with Gasteiger partial charge in [-0.1, -0.05) is 59.8 Å². The van der Waals surface area contributed by atoms with Crippen molar-refractivity contribution in [1.82, 2.24) is 0 Å². The Hall–Kier alpha value is -2.26. The van der Waals surface area contributed by atoms with Gasteiger partial charge in [-0.15, -0.1) is 0 Å². The lowest BCUT2D eigenvalue weighted by atomic mass is 10.3. The Morgan fingerprint density at radius 2 is 0.829 bits per heavy atom. The number of rotatable bonds is 18. The summed E-state index contributed by atoms with van der Waals surface area (Å²) in [6.07, 6.45) is -2.13. The normalized spacial score (nSPS) is 15.1. The van der Waals surface area contributed by atoms with Crippen LogP contribution in [0.15, 0.2) is 36.5 Å². The molecule has 0 spiro atoms. The molecule has 0 aromatic carbocycles. The fraction of sp³-hybridized carbons (Fsp3) is 0.625. The molecule has 0 aliphatic carbocycles. The molecular formula is C24H39O10P. The van der Waals surface area contributed by atoms with Crippen molar-refractivity contribution in [3.8, 4) is 0 Å². The summed E-state index contributed by atoms with van der Waals surface area (Å²) in [7, 11) is -4.66. The number of phosphoric ester groups is 1. The van der Waals surface area contributed by atoms with Crippen molar-refractivity contribution in [2.45, 2.75) is 98.9 Å². The molecule has 35 heavy (non-hydrogen) atoms. The molecule has 0 saturated carbocycles. The van der Waals surface area contributed by atoms with E-state index < -0.39 is 44.6 Å². The molecule has 0 radical (unpaired) electrons. The molecule has 11 heteroatoms. The average molecular weight is 519 g/mol. The summed E-state index contributed by atoms with van der Waals surface area (Å²) in [5, 5.41) is 0. The van der Waals surface area contributed by atoms with E-state index in [1.807, 2.05) is 0 Å². The third kappa shape index (κ3) is 13.4. The molecule has 0 aromatic heterocycles. The zero-order chi connectivity index (χ0) is 27.2. The second-order valence-corrected chi connectivity index (χ2v) is 9.50. The molecule has 0 N–H and O–H groups in total. The summed E-state index contributed by atoms with van der Waals surface area (Å²) in [6, 6.07) is 0. The Morgan fingerprint density at radius 3 is 1.00 bits per heavy atom. The number of esters is 3. The van der Waals surface area contributed by atoms with Gasteiger partial charge in [0.15, 0.2) is 0 Å². The van der Waals surface area contributed by atoms with Crippen LogP contribution in [0, 0.1) is 0 Å². The Morgan fingerprint density at radius 1 is 0.600 bits per heavy atom. The molecule has 3 unspecified atom stereocenters. The van der Waals surface area contributed by atoms with E-state index in [0.29, 0.717) is 19.3 Å². The van der Waals surface area contributed by atoms with Crippen LogP contribution in [0.2, 0.25) is 0 Å². The van der Waals surface area contributed by atoms with Gasteiger partial charge in [-0.25, -0.2) is 32.5 Å². The van der Waals surface area contributed by atoms with Crippen molar-refractivity contribution < 1.29 is 46.7 Å². The first kappa shape index (κ1) is 32.7. The van der Waals surface area contributed by atoms with Crippen LogP contribution in [0.1, 0.15) is 80.1 Å². The van der Waals surface area contributed by atoms with Crippen molar-refractivity contribution in [1.29, 1.82) is 0 Å². The van der Waals surface area contributed by atoms with E-state index >= 15 is 0 Å². The maximum atomic E-state index is 13.8. The van der Waals surface area contributed by atoms with E-state index in [-0.39, 0.29) is 36.0 Å². The Bertz CT molecular complexity index is 715. The van der Waals surface area contributed by atoms with Crippen LogP contribution in [-0.2, 0) is 46.7 Å². The van der Waals surface area contributed by atoms with Crippen molar-refractivity contribution in [2.75, 3.05) is 0 Å². The smallest absolute Gasteiger partial charge is 0.432 e. The summed E-state index contributed by atoms with van der Waals surface area (Å²) in [5.74, 6) is -2.31. The zero-order valence-electron chi connectivity index (χ0n) is 21.6. The van der Waals surface area contributed by atoms with Crippen LogP contribution in [-0.4, -0.2) is 36.8 Å². The molecule has 0 bridgehead atoms. The highest BCUT2D eigenvalue weighted by Gasteiger charge is 2.40. The Balaban J connectivity index is 6.12. The largest absolute Gasteiger partial charge is 0.484 e. The predicted octanol–water partition coefficient (Wildman–Crippen LogP) is 5.88. The first-order valence-corrected chi connectivity index (χ1v) is 13.0. The summed E-state index contributed by atoms with van der Waals surface area (Å²) >= 11 is 0. The van der Waals surface area contributed by atoms with Gasteiger partial charge in [0.2, 0.25) is 18.9 Å². The van der Waals surface area contributed by atoms with Gasteiger partial charge in [0, 0.05) is 36.0 Å². The van der Waals surface area contributed by atoms with Gasteiger partial charge in [-0.2, -0.15) is 0 Å². The summed E-state index contributed by atoms with van der Waals surface area (Å²) in [5.41, 5.74) is 0.305. The molecular weight excluding hydrogens is 479 g/mol. The van der Waals surface area contributed by atoms with Crippen LogP contribution in [0.25, 0.3) is 0 Å². The summed E-state index contributed by atoms with van der Waals surface area (Å²) in [4.78, 5) is 36.2. The standard InChI is InChI=1S/C24H39O10P/c1-10-13-19(29-22(25)16(4)5)32-35(28,33-20(14-11-2)30-23(26)17(6)7)34-21(15-12-3)31-24(27)18(8)9/h19-21H,4,6,8,10-15H2,1-3,5,7,9H3. The number of ether oxygens (including phenoxy) is 3. The minimum atomic E-state index is -4.66. The Kier molecular flexibility index (Phi) is 15.4. The van der Waals surface area contributed by atoms with Gasteiger partial charge < -0.3 is 14.2 Å². The highest BCUT2D eigenvalue weighted by molar-refractivity contribution is 7.48. The molecule has 0 saturated heterocycles. The fourth-order valence-corrected chi connectivity index (χ4v) is 3.73. The lowest BCUT2D eigenvalue weighted by Gasteiger charge is -2.29. The van der Waals surface area contributed by atoms with Crippen molar-refractivity contribution in [3.05, 3.63) is 36.5 Å². The van der Waals surface area contributed by atoms with Gasteiger partial charge in [0.25, 0.3) is 0 Å². The van der Waals surface area contributed by atoms with E-state index in [1.165, 1.54) is 20.8 Å². The van der Waals surface area contributed by atoms with Crippen LogP contribution in [0.3, 0.4) is 0 Å². The number of carbonyl (C=O) groups is 3. The monoisotopic (exact) mass is 518 g/mol. The Labute approximate surface area is 208 Å². The minimum absolute atomic E-state index is 0.102. The zero-order valence-corrected chi connectivity index (χ0v) is 22.5. The van der Waals surface area contributed by atoms with Crippen molar-refractivity contribution >= 4 is 25.7 Å². The van der Waals surface area contributed by atoms with Gasteiger partial charge in [-0.3, -0.25) is 0 Å². The van der Waals surface area contributed by atoms with Crippen molar-refractivity contribution in [3.63, 3.8) is 0 Å². The van der Waals surface area contributed by atoms with E-state index in [4.69, 9.17) is 27.8 Å². The lowest BCUT2D eigenvalue weighted by Crippen LogP contribution is -2.28. The number of hydrogen-bond donors (Lipinski definition) is 0. The van der Waals surface area contributed by atoms with Crippen LogP contribution in [0.5, 0.6) is 0 Å². The van der Waals surface area contributed by atoms with Crippen LogP contribution in [0.4, 0.5) is 0 Å². The highest BCUT2D eigenvalue weighted by Crippen LogP contribution is 2.54. The lowest BCUT2D eigenvalue weighted by molar-refractivity contribution is -0.181. The van der Waals surface area contributed by atoms with Gasteiger partial charge in [0.1, 0.15) is 0 Å².